The summed E-state index contributed by atoms with van der Waals surface area (Å²) < 4.78 is 13.2. The summed E-state index contributed by atoms with van der Waals surface area (Å²) in [5.74, 6) is 0.766. The summed E-state index contributed by atoms with van der Waals surface area (Å²) in [6.45, 7) is 2.92. The molecule has 0 bridgehead atoms. The molecule has 0 aromatic heterocycles. The molecular formula is C10H19FN2. The molecule has 76 valence electrons. The van der Waals surface area contributed by atoms with E-state index in [0.717, 1.165) is 43.4 Å². The van der Waals surface area contributed by atoms with E-state index in [1.807, 2.05) is 0 Å². The smallest absolute Gasteiger partial charge is 0.0405 e. The van der Waals surface area contributed by atoms with Gasteiger partial charge in [0.05, 0.1) is 0 Å². The van der Waals surface area contributed by atoms with Gasteiger partial charge in [-0.1, -0.05) is 0 Å². The number of nitrogens with one attached hydrogen (secondary N) is 1. The number of hydrogen-bond donors (Lipinski definition) is 1. The van der Waals surface area contributed by atoms with Gasteiger partial charge in [0.15, 0.2) is 0 Å². The van der Waals surface area contributed by atoms with Crippen molar-refractivity contribution in [3.63, 3.8) is 0 Å². The van der Waals surface area contributed by atoms with Gasteiger partial charge in [-0.3, -0.25) is 0 Å². The monoisotopic (exact) mass is 186 g/mol. The van der Waals surface area contributed by atoms with Gasteiger partial charge in [0.25, 0.3) is 0 Å². The van der Waals surface area contributed by atoms with E-state index in [9.17, 15) is 4.48 Å². The molecule has 0 amide bonds. The minimum atomic E-state index is 0.239. The summed E-state index contributed by atoms with van der Waals surface area (Å²) in [6, 6.07) is 0.239. The Morgan fingerprint density at radius 3 is 2.62 bits per heavy atom. The number of piperidine rings is 1. The maximum atomic E-state index is 13.2. The molecule has 3 heteroatoms. The van der Waals surface area contributed by atoms with Crippen LogP contribution >= 0.6 is 0 Å². The van der Waals surface area contributed by atoms with Crippen LogP contribution in [-0.2, 0) is 0 Å². The van der Waals surface area contributed by atoms with E-state index in [-0.39, 0.29) is 6.04 Å². The third-order valence-electron chi connectivity index (χ3n) is 3.37. The van der Waals surface area contributed by atoms with E-state index in [4.69, 9.17) is 0 Å². The Bertz CT molecular complexity index is 157. The van der Waals surface area contributed by atoms with Crippen LogP contribution in [0.25, 0.3) is 0 Å². The third kappa shape index (κ3) is 2.41. The minimum Gasteiger partial charge on any atom is -0.317 e. The quantitative estimate of drug-likeness (QED) is 0.661. The van der Waals surface area contributed by atoms with Crippen LogP contribution in [0.3, 0.4) is 0 Å². The van der Waals surface area contributed by atoms with E-state index in [1.165, 1.54) is 12.8 Å². The van der Waals surface area contributed by atoms with Crippen molar-refractivity contribution in [2.75, 3.05) is 19.6 Å². The molecule has 1 N–H and O–H groups in total. The van der Waals surface area contributed by atoms with Gasteiger partial charge in [0.2, 0.25) is 0 Å². The van der Waals surface area contributed by atoms with Gasteiger partial charge in [-0.15, -0.1) is 9.60 Å². The summed E-state index contributed by atoms with van der Waals surface area (Å²) in [5.41, 5.74) is 0. The van der Waals surface area contributed by atoms with Crippen LogP contribution in [0.1, 0.15) is 32.1 Å². The van der Waals surface area contributed by atoms with Crippen molar-refractivity contribution in [2.24, 2.45) is 5.92 Å². The van der Waals surface area contributed by atoms with E-state index in [2.05, 4.69) is 5.32 Å². The predicted molar refractivity (Wildman–Crippen MR) is 51.0 cm³/mol. The molecule has 2 aliphatic heterocycles. The molecule has 0 aliphatic carbocycles. The number of rotatable bonds is 2. The Kier molecular flexibility index (Phi) is 3.17. The lowest BCUT2D eigenvalue weighted by Crippen LogP contribution is -2.31. The molecule has 0 radical (unpaired) electrons. The van der Waals surface area contributed by atoms with Crippen molar-refractivity contribution in [1.29, 1.82) is 0 Å². The van der Waals surface area contributed by atoms with E-state index < -0.39 is 0 Å². The molecule has 0 spiro atoms. The van der Waals surface area contributed by atoms with Crippen LogP contribution < -0.4 is 5.32 Å². The first-order chi connectivity index (χ1) is 6.36. The van der Waals surface area contributed by atoms with Gasteiger partial charge >= 0.3 is 0 Å². The topological polar surface area (TPSA) is 15.3 Å². The second-order valence-corrected chi connectivity index (χ2v) is 4.35. The van der Waals surface area contributed by atoms with Gasteiger partial charge in [0, 0.05) is 12.6 Å². The van der Waals surface area contributed by atoms with Crippen LogP contribution in [0.15, 0.2) is 0 Å². The molecule has 2 heterocycles. The highest BCUT2D eigenvalue weighted by Crippen LogP contribution is 2.27. The second kappa shape index (κ2) is 4.38. The molecule has 2 saturated heterocycles. The first-order valence-corrected chi connectivity index (χ1v) is 5.49. The molecule has 0 aromatic rings. The average molecular weight is 186 g/mol. The Morgan fingerprint density at radius 1 is 1.23 bits per heavy atom. The highest BCUT2D eigenvalue weighted by Gasteiger charge is 2.27. The molecule has 13 heavy (non-hydrogen) atoms. The fraction of sp³-hybridized carbons (Fsp3) is 1.00. The Hall–Kier alpha value is -0.150. The van der Waals surface area contributed by atoms with Crippen molar-refractivity contribution >= 4 is 0 Å². The zero-order valence-corrected chi connectivity index (χ0v) is 8.14. The second-order valence-electron chi connectivity index (χ2n) is 4.35. The number of nitrogens with zero attached hydrogens (tertiary/aromatic N) is 1. The zero-order chi connectivity index (χ0) is 9.10. The summed E-state index contributed by atoms with van der Waals surface area (Å²) in [7, 11) is 0. The molecule has 0 aromatic carbocycles. The zero-order valence-electron chi connectivity index (χ0n) is 8.14. The molecule has 0 unspecified atom stereocenters. The summed E-state index contributed by atoms with van der Waals surface area (Å²) in [5, 5.41) is 4.40. The van der Waals surface area contributed by atoms with Gasteiger partial charge in [-0.25, -0.2) is 0 Å². The lowest BCUT2D eigenvalue weighted by Gasteiger charge is -2.26. The van der Waals surface area contributed by atoms with Crippen molar-refractivity contribution < 1.29 is 4.48 Å². The predicted octanol–water partition coefficient (Wildman–Crippen LogP) is 1.73. The van der Waals surface area contributed by atoms with Gasteiger partial charge in [0.1, 0.15) is 0 Å². The fourth-order valence-electron chi connectivity index (χ4n) is 2.54. The Morgan fingerprint density at radius 2 is 2.00 bits per heavy atom. The molecule has 2 rings (SSSR count). The van der Waals surface area contributed by atoms with E-state index in [0.29, 0.717) is 6.54 Å². The maximum Gasteiger partial charge on any atom is 0.0405 e. The third-order valence-corrected chi connectivity index (χ3v) is 3.37. The van der Waals surface area contributed by atoms with Gasteiger partial charge in [-0.2, -0.15) is 0 Å². The Balaban J connectivity index is 1.75. The van der Waals surface area contributed by atoms with Gasteiger partial charge < -0.3 is 5.32 Å². The largest absolute Gasteiger partial charge is 0.317 e. The number of halogens is 1. The maximum absolute atomic E-state index is 13.2. The van der Waals surface area contributed by atoms with Crippen molar-refractivity contribution in [3.8, 4) is 0 Å². The molecule has 1 atom stereocenters. The molecule has 0 saturated carbocycles. The van der Waals surface area contributed by atoms with Crippen molar-refractivity contribution in [2.45, 2.75) is 38.1 Å². The minimum absolute atomic E-state index is 0.239. The van der Waals surface area contributed by atoms with Crippen LogP contribution in [-0.4, -0.2) is 30.8 Å². The highest BCUT2D eigenvalue weighted by atomic mass is 19.2. The highest BCUT2D eigenvalue weighted by molar-refractivity contribution is 4.79. The van der Waals surface area contributed by atoms with Crippen molar-refractivity contribution in [1.82, 2.24) is 10.4 Å². The first-order valence-electron chi connectivity index (χ1n) is 5.49. The molecule has 2 aliphatic rings. The number of hydrogen-bond acceptors (Lipinski definition) is 2. The van der Waals surface area contributed by atoms with Crippen molar-refractivity contribution in [3.05, 3.63) is 0 Å². The SMILES string of the molecule is FN1CCC[C@@H]1CC1CCNCC1. The lowest BCUT2D eigenvalue weighted by molar-refractivity contribution is 0.0000743. The van der Waals surface area contributed by atoms with Crippen LogP contribution in [0.5, 0.6) is 0 Å². The fourth-order valence-corrected chi connectivity index (χ4v) is 2.54. The van der Waals surface area contributed by atoms with E-state index >= 15 is 0 Å². The van der Waals surface area contributed by atoms with Crippen LogP contribution in [0, 0.1) is 5.92 Å². The molecule has 2 nitrogen and oxygen atoms in total. The standard InChI is InChI=1S/C10H19FN2/c11-13-7-1-2-10(13)8-9-3-5-12-6-4-9/h9-10,12H,1-8H2/t10-/m1/s1. The summed E-state index contributed by atoms with van der Waals surface area (Å²) in [4.78, 5) is 0. The molecular weight excluding hydrogens is 167 g/mol. The van der Waals surface area contributed by atoms with Crippen LogP contribution in [0.2, 0.25) is 0 Å². The summed E-state index contributed by atoms with van der Waals surface area (Å²) >= 11 is 0. The first kappa shape index (κ1) is 9.41. The van der Waals surface area contributed by atoms with Crippen LogP contribution in [0.4, 0.5) is 4.48 Å². The average Bonchev–Trinajstić information content (AvgIpc) is 2.54. The molecule has 2 fully saturated rings. The van der Waals surface area contributed by atoms with Gasteiger partial charge in [-0.05, 0) is 51.1 Å². The normalized spacial score (nSPS) is 32.5. The lowest BCUT2D eigenvalue weighted by atomic mass is 9.90. The van der Waals surface area contributed by atoms with E-state index in [1.54, 1.807) is 0 Å². The summed E-state index contributed by atoms with van der Waals surface area (Å²) in [6.07, 6.45) is 5.68. The Labute approximate surface area is 79.4 Å².